The van der Waals surface area contributed by atoms with E-state index in [-0.39, 0.29) is 5.91 Å². The van der Waals surface area contributed by atoms with Crippen molar-refractivity contribution in [3.63, 3.8) is 0 Å². The fourth-order valence-corrected chi connectivity index (χ4v) is 2.97. The van der Waals surface area contributed by atoms with Crippen LogP contribution in [0.3, 0.4) is 0 Å². The molecule has 1 aromatic heterocycles. The Balaban J connectivity index is 1.51. The van der Waals surface area contributed by atoms with E-state index >= 15 is 0 Å². The third kappa shape index (κ3) is 4.90. The average Bonchev–Trinajstić information content (AvgIpc) is 3.16. The van der Waals surface area contributed by atoms with Crippen LogP contribution in [-0.4, -0.2) is 35.4 Å². The number of amides is 1. The average molecular weight is 342 g/mol. The van der Waals surface area contributed by atoms with Gasteiger partial charge in [-0.25, -0.2) is 0 Å². The molecule has 1 aromatic carbocycles. The number of aromatic nitrogens is 2. The lowest BCUT2D eigenvalue weighted by atomic mass is 10.1. The van der Waals surface area contributed by atoms with E-state index in [1.54, 1.807) is 6.07 Å². The third-order valence-corrected chi connectivity index (χ3v) is 4.43. The maximum absolute atomic E-state index is 12.3. The molecule has 1 aliphatic heterocycles. The van der Waals surface area contributed by atoms with Crippen LogP contribution in [0.4, 0.5) is 0 Å². The number of carbonyl (C=O) groups is 1. The zero-order valence-electron chi connectivity index (χ0n) is 14.7. The summed E-state index contributed by atoms with van der Waals surface area (Å²) < 4.78 is 7.29. The van der Waals surface area contributed by atoms with Crippen LogP contribution in [0.25, 0.3) is 0 Å². The van der Waals surface area contributed by atoms with E-state index in [9.17, 15) is 4.79 Å². The summed E-state index contributed by atoms with van der Waals surface area (Å²) in [7, 11) is 0. The summed E-state index contributed by atoms with van der Waals surface area (Å²) in [6, 6.07) is 10.2. The minimum Gasteiger partial charge on any atom is -0.377 e. The first-order valence-corrected chi connectivity index (χ1v) is 8.96. The van der Waals surface area contributed by atoms with Gasteiger partial charge < -0.3 is 15.4 Å². The summed E-state index contributed by atoms with van der Waals surface area (Å²) >= 11 is 0. The van der Waals surface area contributed by atoms with Crippen molar-refractivity contribution in [3.8, 4) is 0 Å². The van der Waals surface area contributed by atoms with Gasteiger partial charge in [-0.1, -0.05) is 24.3 Å². The number of piperidine rings is 1. The van der Waals surface area contributed by atoms with Gasteiger partial charge in [0.2, 0.25) is 0 Å². The highest BCUT2D eigenvalue weighted by Crippen LogP contribution is 2.15. The lowest BCUT2D eigenvalue weighted by Gasteiger charge is -2.22. The van der Waals surface area contributed by atoms with Gasteiger partial charge in [0, 0.05) is 25.9 Å². The molecule has 1 aliphatic rings. The van der Waals surface area contributed by atoms with Gasteiger partial charge in [0.15, 0.2) is 0 Å². The molecule has 0 saturated carbocycles. The molecular formula is C19H26N4O2. The van der Waals surface area contributed by atoms with E-state index in [0.29, 0.717) is 31.5 Å². The Morgan fingerprint density at radius 3 is 2.84 bits per heavy atom. The zero-order chi connectivity index (χ0) is 17.5. The van der Waals surface area contributed by atoms with Crippen molar-refractivity contribution in [1.29, 1.82) is 0 Å². The van der Waals surface area contributed by atoms with Crippen molar-refractivity contribution in [2.45, 2.75) is 39.0 Å². The summed E-state index contributed by atoms with van der Waals surface area (Å²) in [6.07, 6.45) is 4.14. The molecule has 6 nitrogen and oxygen atoms in total. The molecular weight excluding hydrogens is 316 g/mol. The SMILES string of the molecule is CCOCc1ccc(CNC(=O)c2ccn(C3CCCNC3)n2)cc1. The van der Waals surface area contributed by atoms with Crippen molar-refractivity contribution < 1.29 is 9.53 Å². The first kappa shape index (κ1) is 17.6. The van der Waals surface area contributed by atoms with E-state index in [1.165, 1.54) is 0 Å². The first-order valence-electron chi connectivity index (χ1n) is 8.96. The molecule has 0 aliphatic carbocycles. The van der Waals surface area contributed by atoms with Gasteiger partial charge in [-0.3, -0.25) is 9.48 Å². The van der Waals surface area contributed by atoms with Crippen molar-refractivity contribution in [2.75, 3.05) is 19.7 Å². The standard InChI is InChI=1S/C19H26N4O2/c1-2-25-14-16-7-5-15(6-8-16)12-21-19(24)18-9-11-23(22-18)17-4-3-10-20-13-17/h5-9,11,17,20H,2-4,10,12-14H2,1H3,(H,21,24). The molecule has 1 atom stereocenters. The summed E-state index contributed by atoms with van der Waals surface area (Å²) in [6.45, 7) is 5.78. The second-order valence-corrected chi connectivity index (χ2v) is 6.32. The molecule has 1 unspecified atom stereocenters. The van der Waals surface area contributed by atoms with Crippen LogP contribution in [0.1, 0.15) is 47.4 Å². The fourth-order valence-electron chi connectivity index (χ4n) is 2.97. The van der Waals surface area contributed by atoms with Crippen LogP contribution in [-0.2, 0) is 17.9 Å². The van der Waals surface area contributed by atoms with Gasteiger partial charge in [0.1, 0.15) is 5.69 Å². The first-order chi connectivity index (χ1) is 12.3. The molecule has 0 bridgehead atoms. The highest BCUT2D eigenvalue weighted by atomic mass is 16.5. The number of rotatable bonds is 7. The smallest absolute Gasteiger partial charge is 0.272 e. The molecule has 1 amide bonds. The van der Waals surface area contributed by atoms with E-state index in [0.717, 1.165) is 37.1 Å². The predicted molar refractivity (Wildman–Crippen MR) is 96.3 cm³/mol. The summed E-state index contributed by atoms with van der Waals surface area (Å²) in [5, 5.41) is 10.7. The molecule has 2 heterocycles. The van der Waals surface area contributed by atoms with Crippen molar-refractivity contribution in [1.82, 2.24) is 20.4 Å². The Morgan fingerprint density at radius 2 is 2.12 bits per heavy atom. The van der Waals surface area contributed by atoms with Crippen LogP contribution in [0.2, 0.25) is 0 Å². The van der Waals surface area contributed by atoms with Gasteiger partial charge >= 0.3 is 0 Å². The largest absolute Gasteiger partial charge is 0.377 e. The predicted octanol–water partition coefficient (Wildman–Crippen LogP) is 2.27. The maximum atomic E-state index is 12.3. The van der Waals surface area contributed by atoms with Crippen LogP contribution >= 0.6 is 0 Å². The van der Waals surface area contributed by atoms with Crippen LogP contribution in [0.15, 0.2) is 36.5 Å². The Bertz CT molecular complexity index is 675. The van der Waals surface area contributed by atoms with Crippen LogP contribution in [0, 0.1) is 0 Å². The molecule has 1 saturated heterocycles. The monoisotopic (exact) mass is 342 g/mol. The van der Waals surface area contributed by atoms with Gasteiger partial charge in [-0.05, 0) is 43.5 Å². The Kier molecular flexibility index (Phi) is 6.19. The minimum absolute atomic E-state index is 0.138. The number of nitrogens with one attached hydrogen (secondary N) is 2. The lowest BCUT2D eigenvalue weighted by Crippen LogP contribution is -2.32. The van der Waals surface area contributed by atoms with E-state index in [2.05, 4.69) is 15.7 Å². The quantitative estimate of drug-likeness (QED) is 0.810. The second kappa shape index (κ2) is 8.78. The number of hydrogen-bond donors (Lipinski definition) is 2. The van der Waals surface area contributed by atoms with Crippen LogP contribution in [0.5, 0.6) is 0 Å². The second-order valence-electron chi connectivity index (χ2n) is 6.32. The molecule has 2 aromatic rings. The summed E-state index contributed by atoms with van der Waals surface area (Å²) in [5.41, 5.74) is 2.67. The number of benzene rings is 1. The van der Waals surface area contributed by atoms with Gasteiger partial charge in [0.05, 0.1) is 12.6 Å². The number of hydrogen-bond acceptors (Lipinski definition) is 4. The Labute approximate surface area is 148 Å². The molecule has 0 radical (unpaired) electrons. The zero-order valence-corrected chi connectivity index (χ0v) is 14.7. The normalized spacial score (nSPS) is 17.4. The molecule has 134 valence electrons. The van der Waals surface area contributed by atoms with E-state index in [1.807, 2.05) is 42.1 Å². The highest BCUT2D eigenvalue weighted by molar-refractivity contribution is 5.92. The van der Waals surface area contributed by atoms with Crippen molar-refractivity contribution in [2.24, 2.45) is 0 Å². The number of nitrogens with zero attached hydrogens (tertiary/aromatic N) is 2. The van der Waals surface area contributed by atoms with E-state index in [4.69, 9.17) is 4.74 Å². The molecule has 25 heavy (non-hydrogen) atoms. The van der Waals surface area contributed by atoms with Gasteiger partial charge in [-0.2, -0.15) is 5.10 Å². The molecule has 6 heteroatoms. The Morgan fingerprint density at radius 1 is 1.32 bits per heavy atom. The van der Waals surface area contributed by atoms with Gasteiger partial charge in [-0.15, -0.1) is 0 Å². The fraction of sp³-hybridized carbons (Fsp3) is 0.474. The molecule has 2 N–H and O–H groups in total. The van der Waals surface area contributed by atoms with Crippen molar-refractivity contribution in [3.05, 3.63) is 53.3 Å². The summed E-state index contributed by atoms with van der Waals surface area (Å²) in [4.78, 5) is 12.3. The van der Waals surface area contributed by atoms with Gasteiger partial charge in [0.25, 0.3) is 5.91 Å². The molecule has 3 rings (SSSR count). The maximum Gasteiger partial charge on any atom is 0.272 e. The highest BCUT2D eigenvalue weighted by Gasteiger charge is 2.17. The van der Waals surface area contributed by atoms with E-state index < -0.39 is 0 Å². The minimum atomic E-state index is -0.138. The number of ether oxygens (including phenoxy) is 1. The lowest BCUT2D eigenvalue weighted by molar-refractivity contribution is 0.0944. The molecule has 0 spiro atoms. The topological polar surface area (TPSA) is 68.2 Å². The third-order valence-electron chi connectivity index (χ3n) is 4.43. The summed E-state index contributed by atoms with van der Waals surface area (Å²) in [5.74, 6) is -0.138. The van der Waals surface area contributed by atoms with Crippen LogP contribution < -0.4 is 10.6 Å². The molecule has 1 fully saturated rings. The number of carbonyl (C=O) groups excluding carboxylic acids is 1. The Hall–Kier alpha value is -2.18. The van der Waals surface area contributed by atoms with Crippen molar-refractivity contribution >= 4 is 5.91 Å².